The molecule has 0 saturated heterocycles. The van der Waals surface area contributed by atoms with Crippen LogP contribution in [0.4, 0.5) is 5.69 Å². The van der Waals surface area contributed by atoms with Crippen LogP contribution in [0, 0.1) is 6.92 Å². The first-order chi connectivity index (χ1) is 9.51. The fourth-order valence-electron chi connectivity index (χ4n) is 1.51. The van der Waals surface area contributed by atoms with E-state index in [1.165, 1.54) is 25.3 Å². The molecule has 104 valence electrons. The molecule has 2 N–H and O–H groups in total. The van der Waals surface area contributed by atoms with Crippen molar-refractivity contribution < 1.29 is 24.0 Å². The summed E-state index contributed by atoms with van der Waals surface area (Å²) in [6.45, 7) is 1.54. The second-order valence-corrected chi connectivity index (χ2v) is 3.81. The van der Waals surface area contributed by atoms with E-state index >= 15 is 0 Å². The summed E-state index contributed by atoms with van der Waals surface area (Å²) in [7, 11) is 1.42. The predicted octanol–water partition coefficient (Wildman–Crippen LogP) is 1.34. The molecule has 0 bridgehead atoms. The first-order valence-corrected chi connectivity index (χ1v) is 5.54. The van der Waals surface area contributed by atoms with Crippen molar-refractivity contribution in [1.82, 2.24) is 10.1 Å². The molecular formula is C12H11N3O5. The second-order valence-electron chi connectivity index (χ2n) is 3.81. The van der Waals surface area contributed by atoms with Gasteiger partial charge in [-0.2, -0.15) is 4.98 Å². The summed E-state index contributed by atoms with van der Waals surface area (Å²) < 4.78 is 9.62. The number of hydrogen-bond acceptors (Lipinski definition) is 6. The summed E-state index contributed by atoms with van der Waals surface area (Å²) in [6, 6.07) is 4.26. The van der Waals surface area contributed by atoms with E-state index < -0.39 is 11.9 Å². The first-order valence-electron chi connectivity index (χ1n) is 5.54. The molecule has 1 amide bonds. The standard InChI is InChI=1S/C12H11N3O5/c1-6-13-10(15-20-6)11(16)14-9-4-3-7(19-2)5-8(9)12(17)18/h3-5H,1-2H3,(H,14,16)(H,17,18). The third-order valence-electron chi connectivity index (χ3n) is 2.44. The number of aromatic carboxylic acids is 1. The van der Waals surface area contributed by atoms with Crippen molar-refractivity contribution in [2.75, 3.05) is 12.4 Å². The Morgan fingerprint density at radius 3 is 2.70 bits per heavy atom. The minimum absolute atomic E-state index is 0.0992. The number of carbonyl (C=O) groups is 2. The number of benzene rings is 1. The lowest BCUT2D eigenvalue weighted by atomic mass is 10.1. The van der Waals surface area contributed by atoms with Gasteiger partial charge in [-0.3, -0.25) is 4.79 Å². The van der Waals surface area contributed by atoms with Crippen LogP contribution in [0.1, 0.15) is 26.9 Å². The summed E-state index contributed by atoms with van der Waals surface area (Å²) >= 11 is 0. The Balaban J connectivity index is 2.29. The molecule has 0 aliphatic carbocycles. The van der Waals surface area contributed by atoms with E-state index in [4.69, 9.17) is 9.84 Å². The summed E-state index contributed by atoms with van der Waals surface area (Å²) in [5.41, 5.74) is 0.0173. The number of anilines is 1. The lowest BCUT2D eigenvalue weighted by Crippen LogP contribution is -2.16. The van der Waals surface area contributed by atoms with Crippen molar-refractivity contribution in [2.24, 2.45) is 0 Å². The van der Waals surface area contributed by atoms with Gasteiger partial charge in [-0.05, 0) is 18.2 Å². The predicted molar refractivity (Wildman–Crippen MR) is 66.9 cm³/mol. The number of ether oxygens (including phenoxy) is 1. The quantitative estimate of drug-likeness (QED) is 0.866. The number of carboxylic acids is 1. The number of hydrogen-bond donors (Lipinski definition) is 2. The summed E-state index contributed by atoms with van der Waals surface area (Å²) in [5, 5.41) is 15.0. The van der Waals surface area contributed by atoms with Crippen LogP contribution >= 0.6 is 0 Å². The van der Waals surface area contributed by atoms with Gasteiger partial charge in [-0.25, -0.2) is 4.79 Å². The third-order valence-corrected chi connectivity index (χ3v) is 2.44. The van der Waals surface area contributed by atoms with Gasteiger partial charge in [0.15, 0.2) is 0 Å². The molecule has 8 heteroatoms. The van der Waals surface area contributed by atoms with Gasteiger partial charge >= 0.3 is 5.97 Å². The molecular weight excluding hydrogens is 266 g/mol. The highest BCUT2D eigenvalue weighted by Crippen LogP contribution is 2.22. The van der Waals surface area contributed by atoms with E-state index in [1.807, 2.05) is 0 Å². The van der Waals surface area contributed by atoms with E-state index in [1.54, 1.807) is 6.92 Å². The monoisotopic (exact) mass is 277 g/mol. The van der Waals surface area contributed by atoms with E-state index in [0.29, 0.717) is 5.75 Å². The molecule has 0 aliphatic rings. The van der Waals surface area contributed by atoms with Gasteiger partial charge in [-0.15, -0.1) is 0 Å². The fraction of sp³-hybridized carbons (Fsp3) is 0.167. The number of amides is 1. The van der Waals surface area contributed by atoms with Gasteiger partial charge < -0.3 is 19.7 Å². The molecule has 1 aromatic heterocycles. The van der Waals surface area contributed by atoms with Gasteiger partial charge in [0.2, 0.25) is 5.89 Å². The lowest BCUT2D eigenvalue weighted by molar-refractivity contribution is 0.0697. The van der Waals surface area contributed by atoms with Crippen molar-refractivity contribution in [1.29, 1.82) is 0 Å². The number of methoxy groups -OCH3 is 1. The number of carbonyl (C=O) groups excluding carboxylic acids is 1. The molecule has 0 saturated carbocycles. The van der Waals surface area contributed by atoms with Crippen molar-refractivity contribution >= 4 is 17.6 Å². The van der Waals surface area contributed by atoms with Crippen LogP contribution in [0.25, 0.3) is 0 Å². The molecule has 0 atom stereocenters. The molecule has 0 spiro atoms. The Hall–Kier alpha value is -2.90. The van der Waals surface area contributed by atoms with Crippen LogP contribution < -0.4 is 10.1 Å². The molecule has 0 aliphatic heterocycles. The zero-order valence-corrected chi connectivity index (χ0v) is 10.7. The van der Waals surface area contributed by atoms with Crippen LogP contribution in [0.2, 0.25) is 0 Å². The molecule has 0 radical (unpaired) electrons. The Kier molecular flexibility index (Phi) is 3.65. The largest absolute Gasteiger partial charge is 0.497 e. The van der Waals surface area contributed by atoms with Gasteiger partial charge in [0.05, 0.1) is 18.4 Å². The number of aryl methyl sites for hydroxylation is 1. The number of nitrogens with one attached hydrogen (secondary N) is 1. The van der Waals surface area contributed by atoms with Gasteiger partial charge in [0.1, 0.15) is 5.75 Å². The van der Waals surface area contributed by atoms with E-state index in [9.17, 15) is 9.59 Å². The molecule has 2 rings (SSSR count). The van der Waals surface area contributed by atoms with Crippen LogP contribution in [0.15, 0.2) is 22.7 Å². The normalized spacial score (nSPS) is 10.1. The lowest BCUT2D eigenvalue weighted by Gasteiger charge is -2.08. The highest BCUT2D eigenvalue weighted by molar-refractivity contribution is 6.06. The van der Waals surface area contributed by atoms with Gasteiger partial charge in [0.25, 0.3) is 11.7 Å². The topological polar surface area (TPSA) is 115 Å². The van der Waals surface area contributed by atoms with Crippen LogP contribution in [-0.2, 0) is 0 Å². The number of rotatable bonds is 4. The molecule has 8 nitrogen and oxygen atoms in total. The molecule has 1 heterocycles. The van der Waals surface area contributed by atoms with Gasteiger partial charge in [0, 0.05) is 6.92 Å². The minimum Gasteiger partial charge on any atom is -0.497 e. The maximum absolute atomic E-state index is 11.8. The zero-order valence-electron chi connectivity index (χ0n) is 10.7. The number of nitrogens with zero attached hydrogens (tertiary/aromatic N) is 2. The van der Waals surface area contributed by atoms with Crippen molar-refractivity contribution in [3.8, 4) is 5.75 Å². The highest BCUT2D eigenvalue weighted by Gasteiger charge is 2.17. The maximum atomic E-state index is 11.8. The van der Waals surface area contributed by atoms with Gasteiger partial charge in [-0.1, -0.05) is 5.16 Å². The average molecular weight is 277 g/mol. The first kappa shape index (κ1) is 13.5. The second kappa shape index (κ2) is 5.39. The maximum Gasteiger partial charge on any atom is 0.337 e. The highest BCUT2D eigenvalue weighted by atomic mass is 16.5. The Bertz CT molecular complexity index is 665. The minimum atomic E-state index is -1.19. The van der Waals surface area contributed by atoms with Crippen LogP contribution in [-0.4, -0.2) is 34.2 Å². The molecule has 1 aromatic carbocycles. The number of carboxylic acid groups (broad SMARTS) is 1. The van der Waals surface area contributed by atoms with E-state index in [0.717, 1.165) is 0 Å². The Morgan fingerprint density at radius 2 is 2.15 bits per heavy atom. The Morgan fingerprint density at radius 1 is 1.40 bits per heavy atom. The summed E-state index contributed by atoms with van der Waals surface area (Å²) in [6.07, 6.45) is 0. The number of aromatic nitrogens is 2. The summed E-state index contributed by atoms with van der Waals surface area (Å²) in [5.74, 6) is -1.41. The van der Waals surface area contributed by atoms with E-state index in [-0.39, 0.29) is 23.0 Å². The Labute approximate surface area is 113 Å². The van der Waals surface area contributed by atoms with Crippen molar-refractivity contribution in [3.63, 3.8) is 0 Å². The average Bonchev–Trinajstić information content (AvgIpc) is 2.85. The van der Waals surface area contributed by atoms with E-state index in [2.05, 4.69) is 20.0 Å². The zero-order chi connectivity index (χ0) is 14.7. The van der Waals surface area contributed by atoms with Crippen LogP contribution in [0.5, 0.6) is 5.75 Å². The smallest absolute Gasteiger partial charge is 0.337 e. The van der Waals surface area contributed by atoms with Crippen molar-refractivity contribution in [2.45, 2.75) is 6.92 Å². The fourth-order valence-corrected chi connectivity index (χ4v) is 1.51. The van der Waals surface area contributed by atoms with Crippen molar-refractivity contribution in [3.05, 3.63) is 35.5 Å². The molecule has 0 fully saturated rings. The molecule has 2 aromatic rings. The SMILES string of the molecule is COc1ccc(NC(=O)c2noc(C)n2)c(C(=O)O)c1. The molecule has 0 unspecified atom stereocenters. The summed E-state index contributed by atoms with van der Waals surface area (Å²) in [4.78, 5) is 26.7. The third kappa shape index (κ3) is 2.74. The van der Waals surface area contributed by atoms with Crippen LogP contribution in [0.3, 0.4) is 0 Å². The molecule has 20 heavy (non-hydrogen) atoms.